The van der Waals surface area contributed by atoms with E-state index >= 15 is 0 Å². The summed E-state index contributed by atoms with van der Waals surface area (Å²) in [7, 11) is 3.77. The molecule has 0 N–H and O–H groups in total. The number of aromatic nitrogens is 2. The summed E-state index contributed by atoms with van der Waals surface area (Å²) in [4.78, 5) is 0. The number of hydrogen-bond acceptors (Lipinski definition) is 3. The molecule has 0 aliphatic carbocycles. The fraction of sp³-hybridized carbons (Fsp3) is 0. The third kappa shape index (κ3) is 0.546. The highest BCUT2D eigenvalue weighted by Gasteiger charge is 1.81. The van der Waals surface area contributed by atoms with E-state index in [-0.39, 0.29) is 0 Å². The molecule has 0 fully saturated rings. The molecule has 2 radical (unpaired) electrons. The van der Waals surface area contributed by atoms with Crippen molar-refractivity contribution in [2.45, 2.75) is 0 Å². The molecule has 0 aliphatic heterocycles. The lowest BCUT2D eigenvalue weighted by Gasteiger charge is -1.55. The van der Waals surface area contributed by atoms with E-state index in [0.717, 1.165) is 0 Å². The van der Waals surface area contributed by atoms with Gasteiger partial charge in [0, 0.05) is 14.5 Å². The van der Waals surface area contributed by atoms with Gasteiger partial charge in [-0.25, -0.2) is 0 Å². The Morgan fingerprint density at radius 2 is 2.67 bits per heavy atom. The van der Waals surface area contributed by atoms with Crippen LogP contribution < -0.4 is 5.44 Å². The second kappa shape index (κ2) is 1.35. The minimum Gasteiger partial charge on any atom is -0.345 e. The van der Waals surface area contributed by atoms with Gasteiger partial charge in [-0.05, 0) is 0 Å². The van der Waals surface area contributed by atoms with Gasteiger partial charge < -0.3 is 4.52 Å². The van der Waals surface area contributed by atoms with Crippen LogP contribution in [0.3, 0.4) is 0 Å². The van der Waals surface area contributed by atoms with Crippen molar-refractivity contribution in [1.29, 1.82) is 0 Å². The Labute approximate surface area is 36.9 Å². The first kappa shape index (κ1) is 3.75. The van der Waals surface area contributed by atoms with E-state index in [1.54, 1.807) is 0 Å². The van der Waals surface area contributed by atoms with Crippen LogP contribution in [0.5, 0.6) is 0 Å². The van der Waals surface area contributed by atoms with E-state index in [1.807, 2.05) is 0 Å². The standard InChI is InChI=1S/C2HN2OP/c6-2-1-5-4-3-2/h1H. The molecule has 6 heavy (non-hydrogen) atoms. The number of hydrogen-bond donors (Lipinski definition) is 0. The van der Waals surface area contributed by atoms with Gasteiger partial charge in [-0.1, -0.05) is 0 Å². The van der Waals surface area contributed by atoms with E-state index in [4.69, 9.17) is 0 Å². The fourth-order valence-corrected chi connectivity index (χ4v) is 0.243. The maximum absolute atomic E-state index is 4.28. The van der Waals surface area contributed by atoms with Crippen LogP contribution in [0, 0.1) is 0 Å². The van der Waals surface area contributed by atoms with Gasteiger partial charge >= 0.3 is 0 Å². The summed E-state index contributed by atoms with van der Waals surface area (Å²) < 4.78 is 4.28. The minimum absolute atomic E-state index is 0.509. The molecule has 0 aromatic carbocycles. The molecule has 1 aromatic heterocycles. The molecule has 1 heterocycles. The largest absolute Gasteiger partial charge is 0.345 e. The van der Waals surface area contributed by atoms with Crippen LogP contribution in [0.4, 0.5) is 0 Å². The highest BCUT2D eigenvalue weighted by molar-refractivity contribution is 7.26. The van der Waals surface area contributed by atoms with Crippen LogP contribution in [0.1, 0.15) is 0 Å². The second-order valence-corrected chi connectivity index (χ2v) is 1.22. The SMILES string of the molecule is [P]c1conn1. The Hall–Kier alpha value is -0.430. The van der Waals surface area contributed by atoms with E-state index in [9.17, 15) is 0 Å². The molecule has 0 amide bonds. The Morgan fingerprint density at radius 3 is 2.83 bits per heavy atom. The van der Waals surface area contributed by atoms with Crippen LogP contribution in [-0.4, -0.2) is 10.4 Å². The van der Waals surface area contributed by atoms with Crippen molar-refractivity contribution < 1.29 is 4.52 Å². The summed E-state index contributed by atoms with van der Waals surface area (Å²) in [5.74, 6) is 0. The van der Waals surface area contributed by atoms with Crippen molar-refractivity contribution in [2.24, 2.45) is 0 Å². The quantitative estimate of drug-likeness (QED) is 0.434. The van der Waals surface area contributed by atoms with Crippen molar-refractivity contribution in [1.82, 2.24) is 10.4 Å². The van der Waals surface area contributed by atoms with Crippen molar-refractivity contribution in [3.63, 3.8) is 0 Å². The van der Waals surface area contributed by atoms with Gasteiger partial charge in [0.1, 0.15) is 5.44 Å². The number of rotatable bonds is 0. The van der Waals surface area contributed by atoms with Gasteiger partial charge in [-0.15, -0.1) is 5.10 Å². The van der Waals surface area contributed by atoms with Crippen molar-refractivity contribution >= 4 is 14.7 Å². The average Bonchev–Trinajstić information content (AvgIpc) is 1.86. The molecule has 3 nitrogen and oxygen atoms in total. The van der Waals surface area contributed by atoms with Gasteiger partial charge in [0.15, 0.2) is 6.26 Å². The summed E-state index contributed by atoms with van der Waals surface area (Å²) in [5, 5.41) is 6.48. The van der Waals surface area contributed by atoms with Crippen molar-refractivity contribution in [2.75, 3.05) is 0 Å². The zero-order valence-corrected chi connectivity index (χ0v) is 3.72. The first-order chi connectivity index (χ1) is 2.89. The maximum atomic E-state index is 4.28. The van der Waals surface area contributed by atoms with Gasteiger partial charge in [0.2, 0.25) is 0 Å². The molecule has 1 rings (SSSR count). The molecular weight excluding hydrogens is 99.0 g/mol. The lowest BCUT2D eigenvalue weighted by atomic mass is 11.0. The Morgan fingerprint density at radius 1 is 1.83 bits per heavy atom. The molecule has 30 valence electrons. The fourth-order valence-electron chi connectivity index (χ4n) is 0.160. The van der Waals surface area contributed by atoms with Crippen molar-refractivity contribution in [3.05, 3.63) is 6.26 Å². The van der Waals surface area contributed by atoms with Gasteiger partial charge in [-0.2, -0.15) is 0 Å². The molecule has 0 saturated carbocycles. The Balaban J connectivity index is 3.05. The van der Waals surface area contributed by atoms with E-state index < -0.39 is 0 Å². The lowest BCUT2D eigenvalue weighted by molar-refractivity contribution is 0.393. The summed E-state index contributed by atoms with van der Waals surface area (Å²) in [6.45, 7) is 0. The van der Waals surface area contributed by atoms with Gasteiger partial charge in [0.25, 0.3) is 0 Å². The molecule has 0 aliphatic rings. The lowest BCUT2D eigenvalue weighted by Crippen LogP contribution is -1.85. The smallest absolute Gasteiger partial charge is 0.152 e. The van der Waals surface area contributed by atoms with Crippen molar-refractivity contribution in [3.8, 4) is 0 Å². The van der Waals surface area contributed by atoms with Crippen LogP contribution >= 0.6 is 9.24 Å². The van der Waals surface area contributed by atoms with Crippen LogP contribution in [0.2, 0.25) is 0 Å². The van der Waals surface area contributed by atoms with E-state index in [1.165, 1.54) is 6.26 Å². The molecule has 4 heteroatoms. The summed E-state index contributed by atoms with van der Waals surface area (Å²) in [6.07, 6.45) is 1.35. The third-order valence-electron chi connectivity index (χ3n) is 0.349. The molecule has 0 unspecified atom stereocenters. The number of nitrogens with zero attached hydrogens (tertiary/aromatic N) is 2. The van der Waals surface area contributed by atoms with Crippen LogP contribution in [0.15, 0.2) is 10.8 Å². The zero-order valence-electron chi connectivity index (χ0n) is 2.83. The van der Waals surface area contributed by atoms with E-state index in [2.05, 4.69) is 24.1 Å². The van der Waals surface area contributed by atoms with E-state index in [0.29, 0.717) is 5.44 Å². The highest BCUT2D eigenvalue weighted by Crippen LogP contribution is 1.76. The second-order valence-electron chi connectivity index (χ2n) is 0.763. The first-order valence-corrected chi connectivity index (χ1v) is 1.80. The molecule has 0 atom stereocenters. The zero-order chi connectivity index (χ0) is 4.41. The average molecular weight is 100 g/mol. The Bertz CT molecular complexity index is 115. The summed E-state index contributed by atoms with van der Waals surface area (Å²) >= 11 is 0. The molecule has 1 aromatic rings. The molecule has 0 saturated heterocycles. The molecule has 0 spiro atoms. The predicted octanol–water partition coefficient (Wildman–Crippen LogP) is 0.105. The Kier molecular flexibility index (Phi) is 0.843. The van der Waals surface area contributed by atoms with Crippen LogP contribution in [0.25, 0.3) is 0 Å². The molecular formula is C2HN2OP. The van der Waals surface area contributed by atoms with Gasteiger partial charge in [-0.3, -0.25) is 0 Å². The maximum Gasteiger partial charge on any atom is 0.152 e. The minimum atomic E-state index is 0.509. The molecule has 0 bridgehead atoms. The predicted molar refractivity (Wildman–Crippen MR) is 20.9 cm³/mol. The first-order valence-electron chi connectivity index (χ1n) is 1.35. The summed E-state index contributed by atoms with van der Waals surface area (Å²) in [6, 6.07) is 0. The summed E-state index contributed by atoms with van der Waals surface area (Å²) in [5.41, 5.74) is 0.509. The third-order valence-corrected chi connectivity index (χ3v) is 0.543. The van der Waals surface area contributed by atoms with Gasteiger partial charge in [0.05, 0.1) is 0 Å². The normalized spacial score (nSPS) is 8.83. The highest BCUT2D eigenvalue weighted by atomic mass is 31.0. The van der Waals surface area contributed by atoms with Crippen LogP contribution in [-0.2, 0) is 0 Å². The topological polar surface area (TPSA) is 38.9 Å². The monoisotopic (exact) mass is 100.0 g/mol.